The Morgan fingerprint density at radius 1 is 1.33 bits per heavy atom. The lowest BCUT2D eigenvalue weighted by Crippen LogP contribution is -2.40. The summed E-state index contributed by atoms with van der Waals surface area (Å²) in [5.41, 5.74) is 0. The van der Waals surface area contributed by atoms with E-state index >= 15 is 0 Å². The molecule has 0 amide bonds. The van der Waals surface area contributed by atoms with Gasteiger partial charge in [0, 0.05) is 17.8 Å². The van der Waals surface area contributed by atoms with Crippen LogP contribution >= 0.6 is 23.1 Å². The molecule has 2 aromatic rings. The first-order valence-electron chi connectivity index (χ1n) is 7.54. The number of nitrogens with one attached hydrogen (secondary N) is 2. The van der Waals surface area contributed by atoms with Gasteiger partial charge in [0.25, 0.3) is 0 Å². The number of fused-ring (bicyclic) bond motifs is 1. The standard InChI is InChI=1S/C15H22N4S2/c1-3-8-16-14-18-12(11-5-9-21-13(11)19-14)17-10-15(20-2)6-4-7-15/h5,9H,3-4,6-8,10H2,1-2H3,(H2,16,17,18,19). The van der Waals surface area contributed by atoms with E-state index in [0.29, 0.717) is 4.75 Å². The summed E-state index contributed by atoms with van der Waals surface area (Å²) >= 11 is 3.66. The van der Waals surface area contributed by atoms with Crippen LogP contribution in [0.2, 0.25) is 0 Å². The molecule has 0 unspecified atom stereocenters. The third kappa shape index (κ3) is 3.11. The first-order chi connectivity index (χ1) is 10.3. The third-order valence-corrected chi connectivity index (χ3v) is 6.36. The minimum atomic E-state index is 0.407. The summed E-state index contributed by atoms with van der Waals surface area (Å²) < 4.78 is 0.407. The van der Waals surface area contributed by atoms with E-state index in [1.54, 1.807) is 11.3 Å². The summed E-state index contributed by atoms with van der Waals surface area (Å²) in [6.07, 6.45) is 7.25. The highest BCUT2D eigenvalue weighted by atomic mass is 32.2. The van der Waals surface area contributed by atoms with E-state index in [4.69, 9.17) is 0 Å². The number of rotatable bonds is 7. The summed E-state index contributed by atoms with van der Waals surface area (Å²) in [4.78, 5) is 10.3. The van der Waals surface area contributed by atoms with Crippen molar-refractivity contribution in [3.8, 4) is 0 Å². The van der Waals surface area contributed by atoms with Crippen molar-refractivity contribution in [1.29, 1.82) is 0 Å². The van der Waals surface area contributed by atoms with Gasteiger partial charge >= 0.3 is 0 Å². The number of anilines is 2. The number of hydrogen-bond acceptors (Lipinski definition) is 6. The molecule has 6 heteroatoms. The van der Waals surface area contributed by atoms with E-state index in [1.165, 1.54) is 19.3 Å². The second-order valence-electron chi connectivity index (χ2n) is 5.56. The van der Waals surface area contributed by atoms with Gasteiger partial charge in [-0.05, 0) is 37.0 Å². The fourth-order valence-corrected chi connectivity index (χ4v) is 4.25. The van der Waals surface area contributed by atoms with Crippen LogP contribution < -0.4 is 10.6 Å². The quantitative estimate of drug-likeness (QED) is 0.799. The normalized spacial score (nSPS) is 16.7. The minimum absolute atomic E-state index is 0.407. The Bertz CT molecular complexity index is 601. The molecule has 0 aliphatic heterocycles. The van der Waals surface area contributed by atoms with Crippen molar-refractivity contribution in [2.45, 2.75) is 37.4 Å². The van der Waals surface area contributed by atoms with E-state index in [1.807, 2.05) is 11.8 Å². The van der Waals surface area contributed by atoms with Crippen LogP contribution in [0.3, 0.4) is 0 Å². The van der Waals surface area contributed by atoms with Crippen LogP contribution in [0.5, 0.6) is 0 Å². The highest BCUT2D eigenvalue weighted by Gasteiger charge is 2.36. The van der Waals surface area contributed by atoms with Crippen LogP contribution in [0.4, 0.5) is 11.8 Å². The van der Waals surface area contributed by atoms with Crippen LogP contribution in [0, 0.1) is 0 Å². The summed E-state index contributed by atoms with van der Waals surface area (Å²) in [6, 6.07) is 2.11. The molecular formula is C15H22N4S2. The highest BCUT2D eigenvalue weighted by molar-refractivity contribution is 8.00. The monoisotopic (exact) mass is 322 g/mol. The molecule has 1 fully saturated rings. The van der Waals surface area contributed by atoms with Gasteiger partial charge in [-0.25, -0.2) is 4.98 Å². The second-order valence-corrected chi connectivity index (χ2v) is 7.73. The van der Waals surface area contributed by atoms with E-state index < -0.39 is 0 Å². The fourth-order valence-electron chi connectivity index (χ4n) is 2.58. The van der Waals surface area contributed by atoms with Crippen molar-refractivity contribution in [3.63, 3.8) is 0 Å². The molecule has 0 bridgehead atoms. The zero-order valence-corrected chi connectivity index (χ0v) is 14.2. The smallest absolute Gasteiger partial charge is 0.226 e. The molecule has 21 heavy (non-hydrogen) atoms. The summed E-state index contributed by atoms with van der Waals surface area (Å²) in [5, 5.41) is 10.1. The molecule has 2 N–H and O–H groups in total. The Labute approximate surface area is 134 Å². The predicted octanol–water partition coefficient (Wildman–Crippen LogP) is 4.21. The molecule has 114 valence electrons. The maximum absolute atomic E-state index is 4.67. The average molecular weight is 323 g/mol. The molecule has 0 saturated heterocycles. The SMILES string of the molecule is CCCNc1nc(NCC2(SC)CCC2)c2ccsc2n1. The van der Waals surface area contributed by atoms with E-state index in [0.717, 1.165) is 41.5 Å². The minimum Gasteiger partial charge on any atom is -0.368 e. The molecule has 2 heterocycles. The van der Waals surface area contributed by atoms with Crippen molar-refractivity contribution < 1.29 is 0 Å². The van der Waals surface area contributed by atoms with Crippen molar-refractivity contribution in [3.05, 3.63) is 11.4 Å². The summed E-state index contributed by atoms with van der Waals surface area (Å²) in [6.45, 7) is 4.04. The molecule has 1 aliphatic rings. The highest BCUT2D eigenvalue weighted by Crippen LogP contribution is 2.43. The number of hydrogen-bond donors (Lipinski definition) is 2. The van der Waals surface area contributed by atoms with Gasteiger partial charge < -0.3 is 10.6 Å². The molecular weight excluding hydrogens is 300 g/mol. The van der Waals surface area contributed by atoms with Crippen molar-refractivity contribution in [2.24, 2.45) is 0 Å². The first kappa shape index (κ1) is 14.9. The van der Waals surface area contributed by atoms with Crippen LogP contribution in [0.15, 0.2) is 11.4 Å². The average Bonchev–Trinajstić information content (AvgIpc) is 2.92. The zero-order valence-electron chi connectivity index (χ0n) is 12.6. The molecule has 2 aromatic heterocycles. The van der Waals surface area contributed by atoms with Gasteiger partial charge in [-0.15, -0.1) is 11.3 Å². The van der Waals surface area contributed by atoms with E-state index in [-0.39, 0.29) is 0 Å². The maximum Gasteiger partial charge on any atom is 0.226 e. The number of thiophene rings is 1. The third-order valence-electron chi connectivity index (χ3n) is 4.13. The molecule has 0 spiro atoms. The molecule has 0 atom stereocenters. The van der Waals surface area contributed by atoms with Gasteiger partial charge in [-0.2, -0.15) is 16.7 Å². The van der Waals surface area contributed by atoms with Crippen LogP contribution in [-0.4, -0.2) is 34.1 Å². The second kappa shape index (κ2) is 6.40. The summed E-state index contributed by atoms with van der Waals surface area (Å²) in [7, 11) is 0. The Hall–Kier alpha value is -1.01. The maximum atomic E-state index is 4.67. The van der Waals surface area contributed by atoms with Gasteiger partial charge in [0.2, 0.25) is 5.95 Å². The largest absolute Gasteiger partial charge is 0.368 e. The molecule has 0 aromatic carbocycles. The molecule has 0 radical (unpaired) electrons. The van der Waals surface area contributed by atoms with Crippen LogP contribution in [0.1, 0.15) is 32.6 Å². The zero-order chi connectivity index (χ0) is 14.7. The van der Waals surface area contributed by atoms with E-state index in [9.17, 15) is 0 Å². The lowest BCUT2D eigenvalue weighted by Gasteiger charge is -2.40. The van der Waals surface area contributed by atoms with Crippen molar-refractivity contribution >= 4 is 45.1 Å². The van der Waals surface area contributed by atoms with Crippen LogP contribution in [0.25, 0.3) is 10.2 Å². The fraction of sp³-hybridized carbons (Fsp3) is 0.600. The van der Waals surface area contributed by atoms with Gasteiger partial charge in [0.15, 0.2) is 0 Å². The Balaban J connectivity index is 1.80. The summed E-state index contributed by atoms with van der Waals surface area (Å²) in [5.74, 6) is 1.71. The number of nitrogens with zero attached hydrogens (tertiary/aromatic N) is 2. The van der Waals surface area contributed by atoms with Gasteiger partial charge in [-0.3, -0.25) is 0 Å². The lowest BCUT2D eigenvalue weighted by molar-refractivity contribution is 0.380. The predicted molar refractivity (Wildman–Crippen MR) is 94.8 cm³/mol. The van der Waals surface area contributed by atoms with Gasteiger partial charge in [0.1, 0.15) is 10.6 Å². The molecule has 3 rings (SSSR count). The Morgan fingerprint density at radius 2 is 2.19 bits per heavy atom. The molecule has 1 saturated carbocycles. The van der Waals surface area contributed by atoms with Crippen LogP contribution in [-0.2, 0) is 0 Å². The molecule has 4 nitrogen and oxygen atoms in total. The van der Waals surface area contributed by atoms with Gasteiger partial charge in [0.05, 0.1) is 5.39 Å². The first-order valence-corrected chi connectivity index (χ1v) is 9.65. The van der Waals surface area contributed by atoms with Crippen molar-refractivity contribution in [1.82, 2.24) is 9.97 Å². The van der Waals surface area contributed by atoms with E-state index in [2.05, 4.69) is 45.2 Å². The number of thioether (sulfide) groups is 1. The molecule has 1 aliphatic carbocycles. The lowest BCUT2D eigenvalue weighted by atomic mass is 9.84. The van der Waals surface area contributed by atoms with Gasteiger partial charge in [-0.1, -0.05) is 13.3 Å². The Kier molecular flexibility index (Phi) is 4.54. The Morgan fingerprint density at radius 3 is 2.86 bits per heavy atom. The number of aromatic nitrogens is 2. The van der Waals surface area contributed by atoms with Crippen molar-refractivity contribution in [2.75, 3.05) is 30.0 Å². The topological polar surface area (TPSA) is 49.8 Å².